The number of aryl methyl sites for hydroxylation is 1. The molecule has 106 valence electrons. The van der Waals surface area contributed by atoms with E-state index in [9.17, 15) is 4.79 Å². The molecular weight excluding hydrogens is 238 g/mol. The summed E-state index contributed by atoms with van der Waals surface area (Å²) in [5, 5.41) is 3.45. The molecule has 0 aromatic heterocycles. The monoisotopic (exact) mass is 263 g/mol. The standard InChI is InChI=1S/C15H25N3O/c1-11-8-12(14(16)19)6-7-13(11)9-17-10-15(2,3)18(4)5/h6-8,17H,9-10H2,1-5H3,(H2,16,19). The van der Waals surface area contributed by atoms with Crippen molar-refractivity contribution < 1.29 is 4.79 Å². The van der Waals surface area contributed by atoms with Crippen molar-refractivity contribution in [2.75, 3.05) is 20.6 Å². The van der Waals surface area contributed by atoms with E-state index in [2.05, 4.69) is 38.2 Å². The normalized spacial score (nSPS) is 11.9. The number of carbonyl (C=O) groups is 1. The van der Waals surface area contributed by atoms with Gasteiger partial charge in [-0.2, -0.15) is 0 Å². The quantitative estimate of drug-likeness (QED) is 0.818. The molecule has 0 saturated carbocycles. The van der Waals surface area contributed by atoms with Gasteiger partial charge in [0.2, 0.25) is 5.91 Å². The summed E-state index contributed by atoms with van der Waals surface area (Å²) in [6, 6.07) is 5.59. The highest BCUT2D eigenvalue weighted by atomic mass is 16.1. The Morgan fingerprint density at radius 3 is 2.47 bits per heavy atom. The summed E-state index contributed by atoms with van der Waals surface area (Å²) in [6.45, 7) is 8.09. The van der Waals surface area contributed by atoms with Gasteiger partial charge in [0.15, 0.2) is 0 Å². The van der Waals surface area contributed by atoms with Gasteiger partial charge in [-0.15, -0.1) is 0 Å². The van der Waals surface area contributed by atoms with Gasteiger partial charge in [0.05, 0.1) is 0 Å². The number of carbonyl (C=O) groups excluding carboxylic acids is 1. The van der Waals surface area contributed by atoms with Gasteiger partial charge in [-0.05, 0) is 58.1 Å². The number of nitrogens with one attached hydrogen (secondary N) is 1. The molecule has 0 spiro atoms. The molecule has 0 heterocycles. The SMILES string of the molecule is Cc1cc(C(N)=O)ccc1CNCC(C)(C)N(C)C. The number of primary amides is 1. The Bertz CT molecular complexity index is 453. The van der Waals surface area contributed by atoms with Crippen molar-refractivity contribution in [2.45, 2.75) is 32.9 Å². The Labute approximate surface area is 116 Å². The zero-order valence-corrected chi connectivity index (χ0v) is 12.6. The minimum Gasteiger partial charge on any atom is -0.366 e. The van der Waals surface area contributed by atoms with E-state index in [1.807, 2.05) is 19.1 Å². The number of likely N-dealkylation sites (N-methyl/N-ethyl adjacent to an activating group) is 1. The fourth-order valence-corrected chi connectivity index (χ4v) is 1.71. The second kappa shape index (κ2) is 6.17. The molecule has 0 aliphatic heterocycles. The first kappa shape index (κ1) is 15.7. The maximum atomic E-state index is 11.1. The van der Waals surface area contributed by atoms with E-state index < -0.39 is 0 Å². The maximum Gasteiger partial charge on any atom is 0.248 e. The molecule has 4 heteroatoms. The van der Waals surface area contributed by atoms with Crippen LogP contribution in [0, 0.1) is 6.92 Å². The van der Waals surface area contributed by atoms with Crippen molar-refractivity contribution in [1.29, 1.82) is 0 Å². The first-order valence-corrected chi connectivity index (χ1v) is 6.51. The minimum absolute atomic E-state index is 0.112. The molecule has 1 aromatic carbocycles. The molecule has 3 N–H and O–H groups in total. The summed E-state index contributed by atoms with van der Waals surface area (Å²) in [5.41, 5.74) is 8.22. The number of nitrogens with two attached hydrogens (primary N) is 1. The average Bonchev–Trinajstić information content (AvgIpc) is 2.30. The third kappa shape index (κ3) is 4.33. The first-order chi connectivity index (χ1) is 8.74. The van der Waals surface area contributed by atoms with Crippen LogP contribution in [-0.2, 0) is 6.54 Å². The van der Waals surface area contributed by atoms with Crippen LogP contribution in [0.4, 0.5) is 0 Å². The highest BCUT2D eigenvalue weighted by Crippen LogP contribution is 2.12. The van der Waals surface area contributed by atoms with E-state index in [4.69, 9.17) is 5.73 Å². The molecule has 1 rings (SSSR count). The Balaban J connectivity index is 2.62. The predicted octanol–water partition coefficient (Wildman–Crippen LogP) is 1.52. The van der Waals surface area contributed by atoms with Gasteiger partial charge in [-0.25, -0.2) is 0 Å². The lowest BCUT2D eigenvalue weighted by molar-refractivity contribution is 0.1000. The van der Waals surface area contributed by atoms with Crippen LogP contribution in [0.15, 0.2) is 18.2 Å². The summed E-state index contributed by atoms with van der Waals surface area (Å²) in [5.74, 6) is -0.378. The number of nitrogens with zero attached hydrogens (tertiary/aromatic N) is 1. The topological polar surface area (TPSA) is 58.4 Å². The average molecular weight is 263 g/mol. The second-order valence-corrected chi connectivity index (χ2v) is 5.82. The van der Waals surface area contributed by atoms with Crippen molar-refractivity contribution in [2.24, 2.45) is 5.73 Å². The fraction of sp³-hybridized carbons (Fsp3) is 0.533. The fourth-order valence-electron chi connectivity index (χ4n) is 1.71. The molecule has 19 heavy (non-hydrogen) atoms. The van der Waals surface area contributed by atoms with E-state index in [0.717, 1.165) is 18.7 Å². The van der Waals surface area contributed by atoms with Crippen molar-refractivity contribution >= 4 is 5.91 Å². The molecule has 0 radical (unpaired) electrons. The van der Waals surface area contributed by atoms with Crippen molar-refractivity contribution in [3.63, 3.8) is 0 Å². The maximum absolute atomic E-state index is 11.1. The smallest absolute Gasteiger partial charge is 0.248 e. The molecule has 0 fully saturated rings. The zero-order chi connectivity index (χ0) is 14.6. The summed E-state index contributed by atoms with van der Waals surface area (Å²) >= 11 is 0. The third-order valence-corrected chi connectivity index (χ3v) is 3.71. The van der Waals surface area contributed by atoms with Crippen molar-refractivity contribution in [3.8, 4) is 0 Å². The van der Waals surface area contributed by atoms with E-state index in [0.29, 0.717) is 5.56 Å². The summed E-state index contributed by atoms with van der Waals surface area (Å²) in [6.07, 6.45) is 0. The summed E-state index contributed by atoms with van der Waals surface area (Å²) < 4.78 is 0. The van der Waals surface area contributed by atoms with Crippen LogP contribution in [-0.4, -0.2) is 37.0 Å². The highest BCUT2D eigenvalue weighted by molar-refractivity contribution is 5.93. The highest BCUT2D eigenvalue weighted by Gasteiger charge is 2.19. The Morgan fingerprint density at radius 1 is 1.37 bits per heavy atom. The first-order valence-electron chi connectivity index (χ1n) is 6.51. The minimum atomic E-state index is -0.378. The number of hydrogen-bond donors (Lipinski definition) is 2. The molecule has 1 aromatic rings. The van der Waals surface area contributed by atoms with E-state index in [-0.39, 0.29) is 11.4 Å². The van der Waals surface area contributed by atoms with Gasteiger partial charge in [0, 0.05) is 24.2 Å². The van der Waals surface area contributed by atoms with E-state index in [1.165, 1.54) is 5.56 Å². The third-order valence-electron chi connectivity index (χ3n) is 3.71. The molecule has 0 aliphatic carbocycles. The van der Waals surface area contributed by atoms with E-state index in [1.54, 1.807) is 6.07 Å². The van der Waals surface area contributed by atoms with Crippen LogP contribution in [0.25, 0.3) is 0 Å². The number of rotatable bonds is 6. The van der Waals surface area contributed by atoms with Gasteiger partial charge < -0.3 is 16.0 Å². The predicted molar refractivity (Wildman–Crippen MR) is 79.2 cm³/mol. The molecule has 0 unspecified atom stereocenters. The molecule has 4 nitrogen and oxygen atoms in total. The lowest BCUT2D eigenvalue weighted by Crippen LogP contribution is -2.46. The Kier molecular flexibility index (Phi) is 5.09. The number of amides is 1. The van der Waals surface area contributed by atoms with Crippen LogP contribution in [0.1, 0.15) is 35.3 Å². The lowest BCUT2D eigenvalue weighted by atomic mass is 10.0. The molecule has 0 aliphatic rings. The van der Waals surface area contributed by atoms with Gasteiger partial charge in [0.25, 0.3) is 0 Å². The van der Waals surface area contributed by atoms with Crippen molar-refractivity contribution in [3.05, 3.63) is 34.9 Å². The molecule has 1 amide bonds. The van der Waals surface area contributed by atoms with Gasteiger partial charge in [0.1, 0.15) is 0 Å². The van der Waals surface area contributed by atoms with Crippen LogP contribution in [0.3, 0.4) is 0 Å². The summed E-state index contributed by atoms with van der Waals surface area (Å²) in [7, 11) is 4.16. The Hall–Kier alpha value is -1.39. The molecular formula is C15H25N3O. The lowest BCUT2D eigenvalue weighted by Gasteiger charge is -2.32. The zero-order valence-electron chi connectivity index (χ0n) is 12.6. The second-order valence-electron chi connectivity index (χ2n) is 5.82. The Morgan fingerprint density at radius 2 is 2.00 bits per heavy atom. The molecule has 0 saturated heterocycles. The number of benzene rings is 1. The van der Waals surface area contributed by atoms with Crippen molar-refractivity contribution in [1.82, 2.24) is 10.2 Å². The van der Waals surface area contributed by atoms with Gasteiger partial charge in [-0.3, -0.25) is 4.79 Å². The van der Waals surface area contributed by atoms with Crippen LogP contribution in [0.5, 0.6) is 0 Å². The largest absolute Gasteiger partial charge is 0.366 e. The van der Waals surface area contributed by atoms with Crippen LogP contribution in [0.2, 0.25) is 0 Å². The molecule has 0 atom stereocenters. The molecule has 0 bridgehead atoms. The summed E-state index contributed by atoms with van der Waals surface area (Å²) in [4.78, 5) is 13.3. The van der Waals surface area contributed by atoms with Gasteiger partial charge >= 0.3 is 0 Å². The van der Waals surface area contributed by atoms with Crippen LogP contribution >= 0.6 is 0 Å². The van der Waals surface area contributed by atoms with E-state index >= 15 is 0 Å². The van der Waals surface area contributed by atoms with Crippen LogP contribution < -0.4 is 11.1 Å². The number of hydrogen-bond acceptors (Lipinski definition) is 3. The van der Waals surface area contributed by atoms with Gasteiger partial charge in [-0.1, -0.05) is 6.07 Å².